The molecule has 2 aromatic rings. The van der Waals surface area contributed by atoms with Gasteiger partial charge < -0.3 is 9.64 Å². The summed E-state index contributed by atoms with van der Waals surface area (Å²) < 4.78 is 7.34. The van der Waals surface area contributed by atoms with Gasteiger partial charge in [0.15, 0.2) is 5.82 Å². The highest BCUT2D eigenvalue weighted by Crippen LogP contribution is 2.19. The van der Waals surface area contributed by atoms with Crippen molar-refractivity contribution in [3.63, 3.8) is 0 Å². The van der Waals surface area contributed by atoms with E-state index in [1.165, 1.54) is 6.33 Å². The van der Waals surface area contributed by atoms with Crippen molar-refractivity contribution in [3.8, 4) is 0 Å². The van der Waals surface area contributed by atoms with E-state index in [9.17, 15) is 4.79 Å². The van der Waals surface area contributed by atoms with E-state index in [0.717, 1.165) is 12.2 Å². The Balaban J connectivity index is 1.56. The molecule has 9 nitrogen and oxygen atoms in total. The van der Waals surface area contributed by atoms with Crippen LogP contribution in [0.4, 0.5) is 0 Å². The molecule has 0 aromatic carbocycles. The summed E-state index contributed by atoms with van der Waals surface area (Å²) in [6, 6.07) is 0. The second kappa shape index (κ2) is 6.65. The Morgan fingerprint density at radius 1 is 1.55 bits per heavy atom. The Morgan fingerprint density at radius 2 is 2.45 bits per heavy atom. The molecule has 1 aliphatic heterocycles. The summed E-state index contributed by atoms with van der Waals surface area (Å²) in [6.45, 7) is 4.11. The first-order chi connectivity index (χ1) is 10.8. The van der Waals surface area contributed by atoms with Crippen molar-refractivity contribution in [1.82, 2.24) is 34.8 Å². The van der Waals surface area contributed by atoms with E-state index < -0.39 is 0 Å². The number of aromatic amines is 1. The fourth-order valence-corrected chi connectivity index (χ4v) is 2.36. The zero-order chi connectivity index (χ0) is 15.4. The summed E-state index contributed by atoms with van der Waals surface area (Å²) in [6.07, 6.45) is 3.99. The molecular weight excluding hydrogens is 286 g/mol. The number of morpholine rings is 1. The van der Waals surface area contributed by atoms with E-state index in [2.05, 4.69) is 25.3 Å². The van der Waals surface area contributed by atoms with E-state index in [1.807, 2.05) is 6.92 Å². The fraction of sp³-hybridized carbons (Fsp3) is 0.615. The van der Waals surface area contributed by atoms with Crippen molar-refractivity contribution in [2.75, 3.05) is 19.7 Å². The molecule has 22 heavy (non-hydrogen) atoms. The summed E-state index contributed by atoms with van der Waals surface area (Å²) in [5, 5.41) is 11.0. The molecular formula is C13H19N7O2. The highest BCUT2D eigenvalue weighted by molar-refractivity contribution is 5.76. The van der Waals surface area contributed by atoms with Gasteiger partial charge in [-0.2, -0.15) is 10.2 Å². The number of H-pyrrole nitrogens is 1. The number of rotatable bonds is 5. The van der Waals surface area contributed by atoms with Crippen LogP contribution in [0, 0.1) is 0 Å². The quantitative estimate of drug-likeness (QED) is 0.831. The number of nitrogens with one attached hydrogen (secondary N) is 1. The van der Waals surface area contributed by atoms with E-state index >= 15 is 0 Å². The van der Waals surface area contributed by atoms with Gasteiger partial charge in [-0.15, -0.1) is 0 Å². The number of amides is 1. The van der Waals surface area contributed by atoms with E-state index in [1.54, 1.807) is 15.9 Å². The predicted molar refractivity (Wildman–Crippen MR) is 75.7 cm³/mol. The molecule has 1 atom stereocenters. The molecule has 1 N–H and O–H groups in total. The lowest BCUT2D eigenvalue weighted by Gasteiger charge is -2.31. The van der Waals surface area contributed by atoms with Gasteiger partial charge in [0.25, 0.3) is 0 Å². The first-order valence-electron chi connectivity index (χ1n) is 7.39. The molecule has 118 valence electrons. The van der Waals surface area contributed by atoms with Gasteiger partial charge in [-0.3, -0.25) is 14.6 Å². The first-order valence-corrected chi connectivity index (χ1v) is 7.39. The number of carbonyl (C=O) groups excluding carboxylic acids is 1. The van der Waals surface area contributed by atoms with Crippen LogP contribution in [0.2, 0.25) is 0 Å². The van der Waals surface area contributed by atoms with Crippen molar-refractivity contribution in [3.05, 3.63) is 24.3 Å². The smallest absolute Gasteiger partial charge is 0.224 e. The van der Waals surface area contributed by atoms with Gasteiger partial charge in [0, 0.05) is 19.4 Å². The van der Waals surface area contributed by atoms with Gasteiger partial charge in [0.05, 0.1) is 19.7 Å². The van der Waals surface area contributed by atoms with Gasteiger partial charge in [-0.25, -0.2) is 9.97 Å². The topological polar surface area (TPSA) is 102 Å². The summed E-state index contributed by atoms with van der Waals surface area (Å²) in [5.41, 5.74) is 0. The molecule has 0 radical (unpaired) electrons. The standard InChI is InChI=1S/C13H19N7O2/c1-2-11-16-13(18-17-11)10-7-19(5-6-22-10)12(21)3-4-20-9-14-8-15-20/h8-10H,2-7H2,1H3,(H,16,17,18)/t10-/m0/s1. The average Bonchev–Trinajstić information content (AvgIpc) is 3.24. The Bertz CT molecular complexity index is 610. The minimum Gasteiger partial charge on any atom is -0.366 e. The molecule has 1 fully saturated rings. The number of aromatic nitrogens is 6. The number of aryl methyl sites for hydroxylation is 2. The predicted octanol–water partition coefficient (Wildman–Crippen LogP) is -0.0512. The van der Waals surface area contributed by atoms with Gasteiger partial charge in [0.1, 0.15) is 24.6 Å². The highest BCUT2D eigenvalue weighted by Gasteiger charge is 2.27. The van der Waals surface area contributed by atoms with Crippen LogP contribution >= 0.6 is 0 Å². The molecule has 3 rings (SSSR count). The second-order valence-corrected chi connectivity index (χ2v) is 5.10. The SMILES string of the molecule is CCc1nc([C@@H]2CN(C(=O)CCn3cncn3)CCO2)n[nH]1. The zero-order valence-corrected chi connectivity index (χ0v) is 12.5. The molecule has 0 aliphatic carbocycles. The maximum atomic E-state index is 12.3. The summed E-state index contributed by atoms with van der Waals surface area (Å²) in [5.74, 6) is 1.52. The maximum Gasteiger partial charge on any atom is 0.224 e. The van der Waals surface area contributed by atoms with Crippen LogP contribution in [0.1, 0.15) is 31.1 Å². The first kappa shape index (κ1) is 14.6. The second-order valence-electron chi connectivity index (χ2n) is 5.10. The summed E-state index contributed by atoms with van der Waals surface area (Å²) in [7, 11) is 0. The molecule has 0 saturated carbocycles. The van der Waals surface area contributed by atoms with Crippen LogP contribution in [0.25, 0.3) is 0 Å². The average molecular weight is 305 g/mol. The van der Waals surface area contributed by atoms with E-state index in [0.29, 0.717) is 38.5 Å². The van der Waals surface area contributed by atoms with Crippen LogP contribution in [0.5, 0.6) is 0 Å². The fourth-order valence-electron chi connectivity index (χ4n) is 2.36. The summed E-state index contributed by atoms with van der Waals surface area (Å²) >= 11 is 0. The number of carbonyl (C=O) groups is 1. The molecule has 2 aromatic heterocycles. The lowest BCUT2D eigenvalue weighted by molar-refractivity contribution is -0.139. The third kappa shape index (κ3) is 3.30. The number of hydrogen-bond acceptors (Lipinski definition) is 6. The largest absolute Gasteiger partial charge is 0.366 e. The lowest BCUT2D eigenvalue weighted by Crippen LogP contribution is -2.42. The number of nitrogens with zero attached hydrogens (tertiary/aromatic N) is 6. The molecule has 3 heterocycles. The Morgan fingerprint density at radius 3 is 3.18 bits per heavy atom. The minimum atomic E-state index is -0.263. The van der Waals surface area contributed by atoms with E-state index in [-0.39, 0.29) is 12.0 Å². The zero-order valence-electron chi connectivity index (χ0n) is 12.5. The van der Waals surface area contributed by atoms with Crippen LogP contribution < -0.4 is 0 Å². The van der Waals surface area contributed by atoms with Crippen LogP contribution in [0.15, 0.2) is 12.7 Å². The Labute approximate surface area is 127 Å². The molecule has 0 bridgehead atoms. The monoisotopic (exact) mass is 305 g/mol. The van der Waals surface area contributed by atoms with Gasteiger partial charge in [-0.1, -0.05) is 6.92 Å². The van der Waals surface area contributed by atoms with Crippen molar-refractivity contribution in [1.29, 1.82) is 0 Å². The maximum absolute atomic E-state index is 12.3. The van der Waals surface area contributed by atoms with Crippen LogP contribution in [-0.2, 0) is 22.5 Å². The van der Waals surface area contributed by atoms with Crippen molar-refractivity contribution >= 4 is 5.91 Å². The Hall–Kier alpha value is -2.29. The number of ether oxygens (including phenoxy) is 1. The molecule has 9 heteroatoms. The Kier molecular flexibility index (Phi) is 4.42. The molecule has 0 unspecified atom stereocenters. The normalized spacial score (nSPS) is 18.6. The molecule has 1 saturated heterocycles. The minimum absolute atomic E-state index is 0.0788. The third-order valence-corrected chi connectivity index (χ3v) is 3.61. The van der Waals surface area contributed by atoms with Gasteiger partial charge in [-0.05, 0) is 0 Å². The molecule has 0 spiro atoms. The highest BCUT2D eigenvalue weighted by atomic mass is 16.5. The van der Waals surface area contributed by atoms with Crippen molar-refractivity contribution in [2.45, 2.75) is 32.4 Å². The van der Waals surface area contributed by atoms with Crippen molar-refractivity contribution in [2.24, 2.45) is 0 Å². The third-order valence-electron chi connectivity index (χ3n) is 3.61. The molecule has 1 aliphatic rings. The lowest BCUT2D eigenvalue weighted by atomic mass is 10.2. The van der Waals surface area contributed by atoms with Gasteiger partial charge >= 0.3 is 0 Å². The van der Waals surface area contributed by atoms with E-state index in [4.69, 9.17) is 4.74 Å². The molecule has 1 amide bonds. The van der Waals surface area contributed by atoms with Crippen LogP contribution in [-0.4, -0.2) is 60.4 Å². The number of hydrogen-bond donors (Lipinski definition) is 1. The van der Waals surface area contributed by atoms with Crippen molar-refractivity contribution < 1.29 is 9.53 Å². The van der Waals surface area contributed by atoms with Crippen LogP contribution in [0.3, 0.4) is 0 Å². The summed E-state index contributed by atoms with van der Waals surface area (Å²) in [4.78, 5) is 22.3. The van der Waals surface area contributed by atoms with Gasteiger partial charge in [0.2, 0.25) is 5.91 Å².